The molecule has 0 atom stereocenters. The molecule has 0 unspecified atom stereocenters. The summed E-state index contributed by atoms with van der Waals surface area (Å²) < 4.78 is 7.35. The van der Waals surface area contributed by atoms with E-state index in [1.54, 1.807) is 7.11 Å². The average molecular weight is 413 g/mol. The highest BCUT2D eigenvalue weighted by atomic mass is 32.2. The van der Waals surface area contributed by atoms with Crippen molar-refractivity contribution >= 4 is 29.1 Å². The van der Waals surface area contributed by atoms with Gasteiger partial charge >= 0.3 is 0 Å². The van der Waals surface area contributed by atoms with Crippen LogP contribution in [0.4, 0.5) is 5.69 Å². The van der Waals surface area contributed by atoms with E-state index >= 15 is 0 Å². The summed E-state index contributed by atoms with van der Waals surface area (Å²) in [6.07, 6.45) is 0. The normalized spacial score (nSPS) is 14.4. The predicted octanol–water partition coefficient (Wildman–Crippen LogP) is 2.19. The van der Waals surface area contributed by atoms with Gasteiger partial charge in [0.15, 0.2) is 5.16 Å². The number of hydrogen-bond acceptors (Lipinski definition) is 7. The predicted molar refractivity (Wildman–Crippen MR) is 113 cm³/mol. The summed E-state index contributed by atoms with van der Waals surface area (Å²) in [6, 6.07) is 9.98. The highest BCUT2D eigenvalue weighted by Gasteiger charge is 2.23. The number of thioether (sulfide) groups is 1. The molecule has 1 aromatic carbocycles. The molecule has 8 nitrogen and oxygen atoms in total. The Kier molecular flexibility index (Phi) is 5.57. The van der Waals surface area contributed by atoms with E-state index in [0.29, 0.717) is 29.8 Å². The highest BCUT2D eigenvalue weighted by Crippen LogP contribution is 2.28. The van der Waals surface area contributed by atoms with E-state index in [2.05, 4.69) is 26.1 Å². The van der Waals surface area contributed by atoms with Crippen molar-refractivity contribution in [3.05, 3.63) is 41.7 Å². The smallest absolute Gasteiger partial charge is 0.256 e. The van der Waals surface area contributed by atoms with E-state index in [1.165, 1.54) is 11.8 Å². The molecule has 3 heterocycles. The quantitative estimate of drug-likeness (QED) is 0.595. The summed E-state index contributed by atoms with van der Waals surface area (Å²) in [6.45, 7) is 6.88. The van der Waals surface area contributed by atoms with Crippen molar-refractivity contribution < 1.29 is 9.53 Å². The molecule has 4 rings (SSSR count). The zero-order chi connectivity index (χ0) is 20.4. The second-order valence-corrected chi connectivity index (χ2v) is 7.93. The first-order valence-electron chi connectivity index (χ1n) is 9.54. The monoisotopic (exact) mass is 412 g/mol. The van der Waals surface area contributed by atoms with Crippen molar-refractivity contribution in [1.82, 2.24) is 24.5 Å². The minimum absolute atomic E-state index is 0.115. The first kappa shape index (κ1) is 19.5. The van der Waals surface area contributed by atoms with Crippen LogP contribution in [-0.2, 0) is 4.79 Å². The summed E-state index contributed by atoms with van der Waals surface area (Å²) in [4.78, 5) is 21.3. The first-order chi connectivity index (χ1) is 14.1. The van der Waals surface area contributed by atoms with Gasteiger partial charge in [-0.25, -0.2) is 4.98 Å². The number of benzene rings is 1. The molecule has 2 aromatic heterocycles. The molecule has 1 saturated heterocycles. The Balaban J connectivity index is 1.36. The number of piperazine rings is 1. The van der Waals surface area contributed by atoms with Gasteiger partial charge in [0, 0.05) is 37.6 Å². The van der Waals surface area contributed by atoms with Gasteiger partial charge in [-0.1, -0.05) is 23.9 Å². The molecular formula is C20H24N6O2S. The molecule has 9 heteroatoms. The van der Waals surface area contributed by atoms with Crippen molar-refractivity contribution in [3.63, 3.8) is 0 Å². The van der Waals surface area contributed by atoms with Crippen LogP contribution in [-0.4, -0.2) is 69.4 Å². The van der Waals surface area contributed by atoms with Gasteiger partial charge in [-0.15, -0.1) is 10.2 Å². The SMILES string of the molecule is COc1ccccc1N1CCN(C(=O)CSc2nnc3nc(C)cc(C)n23)CC1. The number of fused-ring (bicyclic) bond motifs is 1. The Hall–Kier alpha value is -2.81. The fraction of sp³-hybridized carbons (Fsp3) is 0.400. The lowest BCUT2D eigenvalue weighted by Gasteiger charge is -2.36. The van der Waals surface area contributed by atoms with Crippen LogP contribution in [0.5, 0.6) is 5.75 Å². The van der Waals surface area contributed by atoms with E-state index in [0.717, 1.165) is 35.9 Å². The first-order valence-corrected chi connectivity index (χ1v) is 10.5. The minimum Gasteiger partial charge on any atom is -0.495 e. The Morgan fingerprint density at radius 2 is 1.90 bits per heavy atom. The maximum absolute atomic E-state index is 12.7. The summed E-state index contributed by atoms with van der Waals surface area (Å²) in [5, 5.41) is 9.03. The molecule has 1 aliphatic heterocycles. The number of rotatable bonds is 5. The number of hydrogen-bond donors (Lipinski definition) is 0. The Bertz CT molecular complexity index is 1030. The highest BCUT2D eigenvalue weighted by molar-refractivity contribution is 7.99. The van der Waals surface area contributed by atoms with Crippen molar-refractivity contribution in [2.75, 3.05) is 43.9 Å². The molecule has 0 bridgehead atoms. The molecule has 1 fully saturated rings. The van der Waals surface area contributed by atoms with E-state index in [4.69, 9.17) is 4.74 Å². The van der Waals surface area contributed by atoms with Crippen LogP contribution in [0.3, 0.4) is 0 Å². The molecule has 0 aliphatic carbocycles. The van der Waals surface area contributed by atoms with Gasteiger partial charge in [0.2, 0.25) is 5.91 Å². The van der Waals surface area contributed by atoms with Gasteiger partial charge in [-0.3, -0.25) is 9.20 Å². The summed E-state index contributed by atoms with van der Waals surface area (Å²) in [5.41, 5.74) is 2.99. The topological polar surface area (TPSA) is 75.9 Å². The van der Waals surface area contributed by atoms with Gasteiger partial charge in [0.05, 0.1) is 18.6 Å². The lowest BCUT2D eigenvalue weighted by atomic mass is 10.2. The molecular weight excluding hydrogens is 388 g/mol. The van der Waals surface area contributed by atoms with E-state index in [1.807, 2.05) is 47.4 Å². The number of aryl methyl sites for hydroxylation is 2. The van der Waals surface area contributed by atoms with Gasteiger partial charge in [0.25, 0.3) is 5.78 Å². The molecule has 0 N–H and O–H groups in total. The number of carbonyl (C=O) groups excluding carboxylic acids is 1. The Labute approximate surface area is 173 Å². The number of ether oxygens (including phenoxy) is 1. The Morgan fingerprint density at radius 3 is 2.66 bits per heavy atom. The lowest BCUT2D eigenvalue weighted by Crippen LogP contribution is -2.49. The number of amides is 1. The maximum Gasteiger partial charge on any atom is 0.256 e. The zero-order valence-electron chi connectivity index (χ0n) is 16.8. The van der Waals surface area contributed by atoms with Gasteiger partial charge in [-0.2, -0.15) is 0 Å². The number of carbonyl (C=O) groups is 1. The van der Waals surface area contributed by atoms with Crippen LogP contribution >= 0.6 is 11.8 Å². The lowest BCUT2D eigenvalue weighted by molar-refractivity contribution is -0.128. The number of para-hydroxylation sites is 2. The van der Waals surface area contributed by atoms with Crippen molar-refractivity contribution in [3.8, 4) is 5.75 Å². The van der Waals surface area contributed by atoms with Crippen LogP contribution in [0.2, 0.25) is 0 Å². The molecule has 29 heavy (non-hydrogen) atoms. The molecule has 1 amide bonds. The second-order valence-electron chi connectivity index (χ2n) is 6.99. The third-order valence-corrected chi connectivity index (χ3v) is 5.96. The van der Waals surface area contributed by atoms with E-state index < -0.39 is 0 Å². The maximum atomic E-state index is 12.7. The van der Waals surface area contributed by atoms with E-state index in [9.17, 15) is 4.79 Å². The number of nitrogens with zero attached hydrogens (tertiary/aromatic N) is 6. The molecule has 1 aliphatic rings. The zero-order valence-corrected chi connectivity index (χ0v) is 17.6. The van der Waals surface area contributed by atoms with Crippen molar-refractivity contribution in [2.45, 2.75) is 19.0 Å². The van der Waals surface area contributed by atoms with E-state index in [-0.39, 0.29) is 5.91 Å². The van der Waals surface area contributed by atoms with Crippen molar-refractivity contribution in [2.24, 2.45) is 0 Å². The molecule has 3 aromatic rings. The standard InChI is InChI=1S/C20H24N6O2S/c1-14-12-15(2)26-19(21-14)22-23-20(26)29-13-18(27)25-10-8-24(9-11-25)16-6-4-5-7-17(16)28-3/h4-7,12H,8-11,13H2,1-3H3. The van der Waals surface area contributed by atoms with Gasteiger partial charge in [-0.05, 0) is 32.0 Å². The number of aromatic nitrogens is 4. The fourth-order valence-electron chi connectivity index (χ4n) is 3.60. The summed E-state index contributed by atoms with van der Waals surface area (Å²) in [7, 11) is 1.68. The number of methoxy groups -OCH3 is 1. The summed E-state index contributed by atoms with van der Waals surface area (Å²) in [5.74, 6) is 1.88. The molecule has 0 radical (unpaired) electrons. The molecule has 0 saturated carbocycles. The van der Waals surface area contributed by atoms with Crippen LogP contribution in [0.25, 0.3) is 5.78 Å². The molecule has 0 spiro atoms. The van der Waals surface area contributed by atoms with Crippen LogP contribution in [0.15, 0.2) is 35.5 Å². The minimum atomic E-state index is 0.115. The van der Waals surface area contributed by atoms with Gasteiger partial charge < -0.3 is 14.5 Å². The number of anilines is 1. The largest absolute Gasteiger partial charge is 0.495 e. The third kappa shape index (κ3) is 4.00. The van der Waals surface area contributed by atoms with Gasteiger partial charge in [0.1, 0.15) is 5.75 Å². The molecule has 152 valence electrons. The fourth-order valence-corrected chi connectivity index (χ4v) is 4.49. The van der Waals surface area contributed by atoms with Crippen LogP contribution < -0.4 is 9.64 Å². The van der Waals surface area contributed by atoms with Crippen LogP contribution in [0.1, 0.15) is 11.4 Å². The third-order valence-electron chi connectivity index (χ3n) is 5.05. The Morgan fingerprint density at radius 1 is 1.14 bits per heavy atom. The van der Waals surface area contributed by atoms with Crippen LogP contribution in [0, 0.1) is 13.8 Å². The second kappa shape index (κ2) is 8.28. The van der Waals surface area contributed by atoms with Crippen molar-refractivity contribution in [1.29, 1.82) is 0 Å². The average Bonchev–Trinajstić information content (AvgIpc) is 3.15. The summed E-state index contributed by atoms with van der Waals surface area (Å²) >= 11 is 1.41.